The molecule has 6 aromatic carbocycles. The first-order chi connectivity index (χ1) is 27.9. The zero-order chi connectivity index (χ0) is 43.5. The van der Waals surface area contributed by atoms with Crippen molar-refractivity contribution in [2.24, 2.45) is 5.41 Å². The van der Waals surface area contributed by atoms with Crippen LogP contribution in [0.15, 0.2) is 158 Å². The van der Waals surface area contributed by atoms with E-state index in [1.807, 2.05) is 72.8 Å². The highest BCUT2D eigenvalue weighted by Crippen LogP contribution is 2.42. The normalized spacial score (nSPS) is 12.1. The predicted molar refractivity (Wildman–Crippen MR) is 241 cm³/mol. The van der Waals surface area contributed by atoms with Crippen LogP contribution < -0.4 is 0 Å². The zero-order valence-electron chi connectivity index (χ0n) is 36.0. The molecule has 0 aliphatic heterocycles. The van der Waals surface area contributed by atoms with Crippen molar-refractivity contribution in [3.63, 3.8) is 0 Å². The molecule has 6 nitrogen and oxygen atoms in total. The first-order valence-electron chi connectivity index (χ1n) is 20.2. The van der Waals surface area contributed by atoms with Gasteiger partial charge in [0.1, 0.15) is 11.5 Å². The molecule has 0 radical (unpaired) electrons. The van der Waals surface area contributed by atoms with Crippen molar-refractivity contribution in [2.75, 3.05) is 26.4 Å². The molecule has 6 N–H and O–H groups in total. The first kappa shape index (κ1) is 46.4. The number of hydrogen-bond acceptors (Lipinski definition) is 6. The van der Waals surface area contributed by atoms with Crippen LogP contribution in [0.1, 0.15) is 99.9 Å². The van der Waals surface area contributed by atoms with Crippen LogP contribution in [0, 0.1) is 5.41 Å². The molecule has 0 saturated carbocycles. The van der Waals surface area contributed by atoms with Crippen LogP contribution in [-0.4, -0.2) is 57.1 Å². The van der Waals surface area contributed by atoms with Gasteiger partial charge in [-0.05, 0) is 45.5 Å². The third-order valence-corrected chi connectivity index (χ3v) is 12.1. The number of phenols is 2. The largest absolute Gasteiger partial charge is 0.508 e. The number of rotatable bonds is 12. The molecular weight excluding hydrogens is 733 g/mol. The fourth-order valence-electron chi connectivity index (χ4n) is 7.21. The third kappa shape index (κ3) is 10.7. The van der Waals surface area contributed by atoms with E-state index >= 15 is 0 Å². The van der Waals surface area contributed by atoms with Crippen molar-refractivity contribution in [1.29, 1.82) is 0 Å². The van der Waals surface area contributed by atoms with E-state index in [4.69, 9.17) is 20.4 Å². The standard InChI is InChI=1S/2C24H26O.C5H12O4/c2*1-23(2,18-11-7-5-8-12-18)20-15-16-22(25)21(17-20)24(3,4)19-13-9-6-10-14-19;6-1-5(2-7,3-8)4-9/h2*5-17,25H,1-4H3;6-9H,1-4H2. The second kappa shape index (κ2) is 19.7. The summed E-state index contributed by atoms with van der Waals surface area (Å²) in [6.45, 7) is 15.9. The minimum Gasteiger partial charge on any atom is -0.508 e. The molecule has 6 heteroatoms. The monoisotopic (exact) mass is 796 g/mol. The SMILES string of the molecule is CC(C)(c1ccccc1)c1ccc(O)c(C(C)(C)c2ccccc2)c1.CC(C)(c1ccccc1)c1ccc(O)c(C(C)(C)c2ccccc2)c1.OCC(CO)(CO)CO. The van der Waals surface area contributed by atoms with Crippen LogP contribution >= 0.6 is 0 Å². The Hall–Kier alpha value is -5.24. The highest BCUT2D eigenvalue weighted by atomic mass is 16.3. The summed E-state index contributed by atoms with van der Waals surface area (Å²) in [4.78, 5) is 0. The molecule has 0 atom stereocenters. The summed E-state index contributed by atoms with van der Waals surface area (Å²) in [6.07, 6.45) is 0. The van der Waals surface area contributed by atoms with Gasteiger partial charge in [-0.2, -0.15) is 0 Å². The minimum absolute atomic E-state index is 0.128. The lowest BCUT2D eigenvalue weighted by molar-refractivity contribution is -0.0328. The number of aliphatic hydroxyl groups is 4. The second-order valence-electron chi connectivity index (χ2n) is 17.6. The van der Waals surface area contributed by atoms with Gasteiger partial charge in [0.15, 0.2) is 0 Å². The lowest BCUT2D eigenvalue weighted by Gasteiger charge is -2.31. The third-order valence-electron chi connectivity index (χ3n) is 12.1. The van der Waals surface area contributed by atoms with Crippen LogP contribution in [0.3, 0.4) is 0 Å². The van der Waals surface area contributed by atoms with E-state index < -0.39 is 31.8 Å². The highest BCUT2D eigenvalue weighted by molar-refractivity contribution is 5.52. The lowest BCUT2D eigenvalue weighted by atomic mass is 9.73. The van der Waals surface area contributed by atoms with Crippen LogP contribution in [0.25, 0.3) is 0 Å². The number of phenolic OH excluding ortho intramolecular Hbond substituents is 2. The number of benzene rings is 6. The average Bonchev–Trinajstić information content (AvgIpc) is 3.26. The molecule has 0 saturated heterocycles. The Bertz CT molecular complexity index is 2010. The van der Waals surface area contributed by atoms with Gasteiger partial charge < -0.3 is 30.6 Å². The Morgan fingerprint density at radius 2 is 0.542 bits per heavy atom. The van der Waals surface area contributed by atoms with Crippen molar-refractivity contribution >= 4 is 0 Å². The summed E-state index contributed by atoms with van der Waals surface area (Å²) in [5, 5.41) is 55.1. The second-order valence-corrected chi connectivity index (χ2v) is 17.6. The Kier molecular flexibility index (Phi) is 15.5. The molecular formula is C53H64O6. The Labute approximate surface area is 352 Å². The van der Waals surface area contributed by atoms with Crippen LogP contribution in [0.4, 0.5) is 0 Å². The molecule has 0 aliphatic rings. The van der Waals surface area contributed by atoms with Gasteiger partial charge in [0, 0.05) is 32.8 Å². The maximum Gasteiger partial charge on any atom is 0.119 e. The van der Waals surface area contributed by atoms with Gasteiger partial charge in [0.2, 0.25) is 0 Å². The van der Waals surface area contributed by atoms with Crippen molar-refractivity contribution in [3.05, 3.63) is 202 Å². The van der Waals surface area contributed by atoms with Gasteiger partial charge in [0.25, 0.3) is 0 Å². The molecule has 0 fully saturated rings. The fourth-order valence-corrected chi connectivity index (χ4v) is 7.21. The maximum atomic E-state index is 10.6. The molecule has 0 unspecified atom stereocenters. The van der Waals surface area contributed by atoms with E-state index in [1.165, 1.54) is 33.4 Å². The van der Waals surface area contributed by atoms with Gasteiger partial charge in [-0.3, -0.25) is 0 Å². The van der Waals surface area contributed by atoms with E-state index in [0.29, 0.717) is 11.5 Å². The van der Waals surface area contributed by atoms with Gasteiger partial charge in [0.05, 0.1) is 31.8 Å². The van der Waals surface area contributed by atoms with Crippen LogP contribution in [0.2, 0.25) is 0 Å². The Morgan fingerprint density at radius 1 is 0.305 bits per heavy atom. The summed E-state index contributed by atoms with van der Waals surface area (Å²) in [6, 6.07) is 53.8. The Balaban J connectivity index is 0.000000217. The van der Waals surface area contributed by atoms with Crippen molar-refractivity contribution < 1.29 is 30.6 Å². The molecule has 0 heterocycles. The van der Waals surface area contributed by atoms with E-state index in [0.717, 1.165) is 11.1 Å². The molecule has 6 aromatic rings. The summed E-state index contributed by atoms with van der Waals surface area (Å²) >= 11 is 0. The molecule has 0 bridgehead atoms. The van der Waals surface area contributed by atoms with Crippen LogP contribution in [-0.2, 0) is 21.7 Å². The predicted octanol–water partition coefficient (Wildman–Crippen LogP) is 10.0. The highest BCUT2D eigenvalue weighted by Gasteiger charge is 2.32. The van der Waals surface area contributed by atoms with Gasteiger partial charge in [-0.25, -0.2) is 0 Å². The van der Waals surface area contributed by atoms with Crippen molar-refractivity contribution in [3.8, 4) is 11.5 Å². The summed E-state index contributed by atoms with van der Waals surface area (Å²) < 4.78 is 0. The van der Waals surface area contributed by atoms with Crippen LogP contribution in [0.5, 0.6) is 11.5 Å². The van der Waals surface area contributed by atoms with Gasteiger partial charge >= 0.3 is 0 Å². The molecule has 0 aliphatic carbocycles. The van der Waals surface area contributed by atoms with E-state index in [2.05, 4.69) is 140 Å². The summed E-state index contributed by atoms with van der Waals surface area (Å²) in [7, 11) is 0. The quantitative estimate of drug-likeness (QED) is 0.0734. The topological polar surface area (TPSA) is 121 Å². The fraction of sp³-hybridized carbons (Fsp3) is 0.321. The van der Waals surface area contributed by atoms with E-state index in [9.17, 15) is 10.2 Å². The molecule has 59 heavy (non-hydrogen) atoms. The number of aromatic hydroxyl groups is 2. The summed E-state index contributed by atoms with van der Waals surface area (Å²) in [5.41, 5.74) is 7.34. The Morgan fingerprint density at radius 3 is 0.763 bits per heavy atom. The molecule has 6 rings (SSSR count). The van der Waals surface area contributed by atoms with Crippen molar-refractivity contribution in [1.82, 2.24) is 0 Å². The van der Waals surface area contributed by atoms with Gasteiger partial charge in [-0.15, -0.1) is 0 Å². The zero-order valence-corrected chi connectivity index (χ0v) is 36.0. The molecule has 0 amide bonds. The minimum atomic E-state index is -1.11. The summed E-state index contributed by atoms with van der Waals surface area (Å²) in [5.74, 6) is 0.697. The maximum absolute atomic E-state index is 10.6. The lowest BCUT2D eigenvalue weighted by Crippen LogP contribution is -2.37. The van der Waals surface area contributed by atoms with E-state index in [-0.39, 0.29) is 21.7 Å². The average molecular weight is 797 g/mol. The van der Waals surface area contributed by atoms with Gasteiger partial charge in [-0.1, -0.05) is 201 Å². The number of aliphatic hydroxyl groups excluding tert-OH is 4. The molecule has 312 valence electrons. The molecule has 0 spiro atoms. The molecule has 0 aromatic heterocycles. The smallest absolute Gasteiger partial charge is 0.119 e. The first-order valence-corrected chi connectivity index (χ1v) is 20.2. The van der Waals surface area contributed by atoms with Crippen molar-refractivity contribution in [2.45, 2.75) is 77.0 Å². The van der Waals surface area contributed by atoms with E-state index in [1.54, 1.807) is 0 Å². The number of hydrogen-bond donors (Lipinski definition) is 6.